The topological polar surface area (TPSA) is 32.7 Å². The highest BCUT2D eigenvalue weighted by molar-refractivity contribution is 5.88. The van der Waals surface area contributed by atoms with E-state index in [-0.39, 0.29) is 11.8 Å². The minimum absolute atomic E-state index is 0.0568. The lowest BCUT2D eigenvalue weighted by atomic mass is 9.94. The normalized spacial score (nSPS) is 21.4. The lowest BCUT2D eigenvalue weighted by Crippen LogP contribution is -2.31. The van der Waals surface area contributed by atoms with Gasteiger partial charge in [0.15, 0.2) is 0 Å². The third kappa shape index (κ3) is 1.53. The molecule has 14 heavy (non-hydrogen) atoms. The van der Waals surface area contributed by atoms with Crippen molar-refractivity contribution < 1.29 is 4.79 Å². The van der Waals surface area contributed by atoms with E-state index in [4.69, 9.17) is 0 Å². The minimum atomic E-state index is -0.0568. The second kappa shape index (κ2) is 3.62. The van der Waals surface area contributed by atoms with Crippen LogP contribution in [-0.4, -0.2) is 24.2 Å². The van der Waals surface area contributed by atoms with Gasteiger partial charge >= 0.3 is 0 Å². The first kappa shape index (κ1) is 8.94. The molecule has 1 amide bonds. The van der Waals surface area contributed by atoms with E-state index >= 15 is 0 Å². The summed E-state index contributed by atoms with van der Waals surface area (Å²) in [6.07, 6.45) is 2.49. The molecule has 0 saturated heterocycles. The zero-order chi connectivity index (χ0) is 9.97. The summed E-state index contributed by atoms with van der Waals surface area (Å²) in [6, 6.07) is 9.82. The van der Waals surface area contributed by atoms with Gasteiger partial charge in [-0.25, -0.2) is 5.01 Å². The Hall–Kier alpha value is -1.64. The molecule has 3 nitrogen and oxygen atoms in total. The zero-order valence-corrected chi connectivity index (χ0v) is 8.05. The molecule has 0 saturated carbocycles. The molecule has 0 spiro atoms. The van der Waals surface area contributed by atoms with Crippen LogP contribution < -0.4 is 0 Å². The molecule has 1 aliphatic heterocycles. The Balaban J connectivity index is 2.28. The summed E-state index contributed by atoms with van der Waals surface area (Å²) in [6.45, 7) is 0. The molecule has 0 aliphatic carbocycles. The molecule has 1 atom stereocenters. The van der Waals surface area contributed by atoms with Gasteiger partial charge in [0.1, 0.15) is 0 Å². The van der Waals surface area contributed by atoms with Crippen LogP contribution in [0.2, 0.25) is 0 Å². The Kier molecular flexibility index (Phi) is 2.31. The number of hydrazone groups is 1. The van der Waals surface area contributed by atoms with Crippen molar-refractivity contribution in [3.8, 4) is 0 Å². The van der Waals surface area contributed by atoms with Gasteiger partial charge < -0.3 is 0 Å². The first-order chi connectivity index (χ1) is 6.79. The number of nitrogens with zero attached hydrogens (tertiary/aromatic N) is 2. The standard InChI is InChI=1S/C11H12N2O/c1-13-11(14)10(7-8-12-13)9-5-3-2-4-6-9/h2-6,8,10H,7H2,1H3. The summed E-state index contributed by atoms with van der Waals surface area (Å²) >= 11 is 0. The van der Waals surface area contributed by atoms with Crippen LogP contribution in [0, 0.1) is 0 Å². The summed E-state index contributed by atoms with van der Waals surface area (Å²) in [5, 5.41) is 5.35. The fourth-order valence-corrected chi connectivity index (χ4v) is 1.62. The molecule has 0 radical (unpaired) electrons. The zero-order valence-electron chi connectivity index (χ0n) is 8.05. The smallest absolute Gasteiger partial charge is 0.250 e. The van der Waals surface area contributed by atoms with Crippen LogP contribution >= 0.6 is 0 Å². The fourth-order valence-electron chi connectivity index (χ4n) is 1.62. The molecule has 1 heterocycles. The van der Waals surface area contributed by atoms with E-state index in [2.05, 4.69) is 5.10 Å². The van der Waals surface area contributed by atoms with Crippen LogP contribution in [0.5, 0.6) is 0 Å². The van der Waals surface area contributed by atoms with Crippen molar-refractivity contribution in [2.75, 3.05) is 7.05 Å². The lowest BCUT2D eigenvalue weighted by molar-refractivity contribution is -0.131. The lowest BCUT2D eigenvalue weighted by Gasteiger charge is -2.23. The first-order valence-corrected chi connectivity index (χ1v) is 4.64. The van der Waals surface area contributed by atoms with Gasteiger partial charge in [0.2, 0.25) is 5.91 Å². The van der Waals surface area contributed by atoms with E-state index in [0.29, 0.717) is 6.42 Å². The van der Waals surface area contributed by atoms with Crippen molar-refractivity contribution in [2.45, 2.75) is 12.3 Å². The molecular formula is C11H12N2O. The van der Waals surface area contributed by atoms with Crippen molar-refractivity contribution in [2.24, 2.45) is 5.10 Å². The van der Waals surface area contributed by atoms with Crippen LogP contribution in [0.4, 0.5) is 0 Å². The third-order valence-corrected chi connectivity index (χ3v) is 2.41. The van der Waals surface area contributed by atoms with E-state index in [1.54, 1.807) is 13.3 Å². The highest BCUT2D eigenvalue weighted by atomic mass is 16.2. The van der Waals surface area contributed by atoms with E-state index in [1.165, 1.54) is 5.01 Å². The molecule has 1 aliphatic rings. The molecule has 1 unspecified atom stereocenters. The molecule has 0 N–H and O–H groups in total. The molecule has 72 valence electrons. The van der Waals surface area contributed by atoms with Gasteiger partial charge in [-0.2, -0.15) is 5.10 Å². The summed E-state index contributed by atoms with van der Waals surface area (Å²) in [5.41, 5.74) is 1.07. The number of carbonyl (C=O) groups excluding carboxylic acids is 1. The van der Waals surface area contributed by atoms with Gasteiger partial charge in [0.05, 0.1) is 5.92 Å². The largest absolute Gasteiger partial charge is 0.272 e. The van der Waals surface area contributed by atoms with Crippen LogP contribution in [-0.2, 0) is 4.79 Å². The maximum Gasteiger partial charge on any atom is 0.250 e. The van der Waals surface area contributed by atoms with E-state index < -0.39 is 0 Å². The Labute approximate surface area is 83.0 Å². The number of carbonyl (C=O) groups is 1. The molecule has 1 aromatic carbocycles. The van der Waals surface area contributed by atoms with E-state index in [0.717, 1.165) is 5.56 Å². The molecule has 1 aromatic rings. The average molecular weight is 188 g/mol. The highest BCUT2D eigenvalue weighted by Gasteiger charge is 2.25. The maximum atomic E-state index is 11.7. The Morgan fingerprint density at radius 3 is 2.79 bits per heavy atom. The van der Waals surface area contributed by atoms with Gasteiger partial charge in [0, 0.05) is 19.7 Å². The van der Waals surface area contributed by atoms with Crippen LogP contribution in [0.15, 0.2) is 35.4 Å². The fraction of sp³-hybridized carbons (Fsp3) is 0.273. The highest BCUT2D eigenvalue weighted by Crippen LogP contribution is 2.23. The van der Waals surface area contributed by atoms with Gasteiger partial charge in [-0.1, -0.05) is 30.3 Å². The molecule has 3 heteroatoms. The van der Waals surface area contributed by atoms with E-state index in [9.17, 15) is 4.79 Å². The van der Waals surface area contributed by atoms with Crippen molar-refractivity contribution in [1.29, 1.82) is 0 Å². The second-order valence-electron chi connectivity index (χ2n) is 3.36. The quantitative estimate of drug-likeness (QED) is 0.659. The maximum absolute atomic E-state index is 11.7. The molecule has 2 rings (SSSR count). The van der Waals surface area contributed by atoms with Gasteiger partial charge in [0.25, 0.3) is 0 Å². The second-order valence-corrected chi connectivity index (χ2v) is 3.36. The number of likely N-dealkylation sites (N-methyl/N-ethyl adjacent to an activating group) is 1. The molecule has 0 aromatic heterocycles. The van der Waals surface area contributed by atoms with Crippen LogP contribution in [0.3, 0.4) is 0 Å². The van der Waals surface area contributed by atoms with Crippen LogP contribution in [0.25, 0.3) is 0 Å². The third-order valence-electron chi connectivity index (χ3n) is 2.41. The number of benzene rings is 1. The van der Waals surface area contributed by atoms with Gasteiger partial charge in [-0.3, -0.25) is 4.79 Å². The predicted molar refractivity (Wildman–Crippen MR) is 55.1 cm³/mol. The minimum Gasteiger partial charge on any atom is -0.272 e. The summed E-state index contributed by atoms with van der Waals surface area (Å²) in [4.78, 5) is 11.7. The predicted octanol–water partition coefficient (Wildman–Crippen LogP) is 1.62. The van der Waals surface area contributed by atoms with E-state index in [1.807, 2.05) is 30.3 Å². The average Bonchev–Trinajstić information content (AvgIpc) is 2.23. The molecule has 0 bridgehead atoms. The Bertz CT molecular complexity index is 359. The SMILES string of the molecule is CN1N=CCC(c2ccccc2)C1=O. The summed E-state index contributed by atoms with van der Waals surface area (Å²) in [7, 11) is 1.69. The van der Waals surface area contributed by atoms with Crippen molar-refractivity contribution in [1.82, 2.24) is 5.01 Å². The number of hydrogen-bond donors (Lipinski definition) is 0. The Morgan fingerprint density at radius 1 is 1.36 bits per heavy atom. The molecular weight excluding hydrogens is 176 g/mol. The van der Waals surface area contributed by atoms with Crippen LogP contribution in [0.1, 0.15) is 17.9 Å². The molecule has 0 fully saturated rings. The summed E-state index contributed by atoms with van der Waals surface area (Å²) in [5.74, 6) is 0.0115. The number of hydrogen-bond acceptors (Lipinski definition) is 2. The first-order valence-electron chi connectivity index (χ1n) is 4.64. The monoisotopic (exact) mass is 188 g/mol. The van der Waals surface area contributed by atoms with Crippen molar-refractivity contribution in [3.63, 3.8) is 0 Å². The Morgan fingerprint density at radius 2 is 2.07 bits per heavy atom. The van der Waals surface area contributed by atoms with Crippen molar-refractivity contribution in [3.05, 3.63) is 35.9 Å². The number of rotatable bonds is 1. The number of amides is 1. The van der Waals surface area contributed by atoms with Crippen molar-refractivity contribution >= 4 is 12.1 Å². The van der Waals surface area contributed by atoms with Gasteiger partial charge in [-0.05, 0) is 5.56 Å². The summed E-state index contributed by atoms with van der Waals surface area (Å²) < 4.78 is 0. The van der Waals surface area contributed by atoms with Gasteiger partial charge in [-0.15, -0.1) is 0 Å².